The quantitative estimate of drug-likeness (QED) is 0.628. The number of aryl methyl sites for hydroxylation is 1. The molecule has 0 atom stereocenters. The van der Waals surface area contributed by atoms with Gasteiger partial charge in [-0.2, -0.15) is 0 Å². The first kappa shape index (κ1) is 12.7. The summed E-state index contributed by atoms with van der Waals surface area (Å²) in [5.74, 6) is -2.22. The van der Waals surface area contributed by atoms with Gasteiger partial charge in [-0.1, -0.05) is 11.6 Å². The lowest BCUT2D eigenvalue weighted by atomic mass is 10.1. The second-order valence-electron chi connectivity index (χ2n) is 2.87. The summed E-state index contributed by atoms with van der Waals surface area (Å²) in [7, 11) is 1.29. The zero-order chi connectivity index (χ0) is 11.6. The molecule has 1 rings (SSSR count). The van der Waals surface area contributed by atoms with Crippen LogP contribution in [0.5, 0.6) is 0 Å². The van der Waals surface area contributed by atoms with Gasteiger partial charge in [-0.05, 0) is 24.1 Å². The summed E-state index contributed by atoms with van der Waals surface area (Å²) in [6.45, 7) is 0. The lowest BCUT2D eigenvalue weighted by Gasteiger charge is -2.02. The second-order valence-corrected chi connectivity index (χ2v) is 6.14. The number of benzene rings is 1. The Kier molecular flexibility index (Phi) is 3.92. The van der Waals surface area contributed by atoms with E-state index in [2.05, 4.69) is 0 Å². The normalized spacial score (nSPS) is 11.7. The molecule has 0 aliphatic carbocycles. The van der Waals surface area contributed by atoms with Crippen molar-refractivity contribution < 1.29 is 17.2 Å². The zero-order valence-corrected chi connectivity index (χ0v) is 9.63. The van der Waals surface area contributed by atoms with Gasteiger partial charge in [-0.15, -0.1) is 0 Å². The van der Waals surface area contributed by atoms with E-state index in [1.165, 1.54) is 0 Å². The molecule has 0 radical (unpaired) electrons. The van der Waals surface area contributed by atoms with Crippen molar-refractivity contribution in [2.45, 2.75) is 6.42 Å². The molecule has 0 amide bonds. The molecule has 1 aromatic rings. The predicted molar refractivity (Wildman–Crippen MR) is 54.7 cm³/mol. The maximum absolute atomic E-state index is 12.9. The minimum atomic E-state index is -3.66. The number of halogens is 4. The average Bonchev–Trinajstić information content (AvgIpc) is 2.09. The van der Waals surface area contributed by atoms with E-state index < -0.39 is 25.7 Å². The Labute approximate surface area is 95.2 Å². The van der Waals surface area contributed by atoms with Gasteiger partial charge in [0.15, 0.2) is 0 Å². The average molecular weight is 275 g/mol. The van der Waals surface area contributed by atoms with Crippen LogP contribution in [0.15, 0.2) is 12.1 Å². The summed E-state index contributed by atoms with van der Waals surface area (Å²) >= 11 is 5.25. The topological polar surface area (TPSA) is 34.1 Å². The van der Waals surface area contributed by atoms with Crippen molar-refractivity contribution in [3.05, 3.63) is 34.4 Å². The van der Waals surface area contributed by atoms with Crippen LogP contribution in [-0.2, 0) is 15.5 Å². The van der Waals surface area contributed by atoms with Crippen molar-refractivity contribution in [2.75, 3.05) is 5.75 Å². The van der Waals surface area contributed by atoms with Crippen LogP contribution < -0.4 is 0 Å². The third-order valence-electron chi connectivity index (χ3n) is 1.68. The Morgan fingerprint density at radius 1 is 1.20 bits per heavy atom. The van der Waals surface area contributed by atoms with E-state index in [0.29, 0.717) is 0 Å². The third-order valence-corrected chi connectivity index (χ3v) is 3.19. The molecule has 0 heterocycles. The van der Waals surface area contributed by atoms with E-state index in [-0.39, 0.29) is 17.7 Å². The Bertz CT molecular complexity index is 451. The second kappa shape index (κ2) is 4.63. The van der Waals surface area contributed by atoms with Crippen molar-refractivity contribution in [2.24, 2.45) is 0 Å². The Morgan fingerprint density at radius 3 is 2.07 bits per heavy atom. The highest BCUT2D eigenvalue weighted by Gasteiger charge is 2.11. The summed E-state index contributed by atoms with van der Waals surface area (Å²) in [6, 6.07) is 1.96. The lowest BCUT2D eigenvalue weighted by Crippen LogP contribution is -2.02. The van der Waals surface area contributed by atoms with Gasteiger partial charge in [0, 0.05) is 10.7 Å². The predicted octanol–water partition coefficient (Wildman–Crippen LogP) is 2.73. The highest BCUT2D eigenvalue weighted by Crippen LogP contribution is 2.21. The number of hydrogen-bond acceptors (Lipinski definition) is 2. The van der Waals surface area contributed by atoms with Gasteiger partial charge in [-0.3, -0.25) is 0 Å². The fraction of sp³-hybridized carbons (Fsp3) is 0.250. The van der Waals surface area contributed by atoms with Crippen LogP contribution in [-0.4, -0.2) is 14.2 Å². The summed E-state index contributed by atoms with van der Waals surface area (Å²) in [4.78, 5) is 0. The molecule has 0 saturated carbocycles. The van der Waals surface area contributed by atoms with E-state index in [1.807, 2.05) is 0 Å². The van der Waals surface area contributed by atoms with Gasteiger partial charge >= 0.3 is 0 Å². The number of rotatable bonds is 3. The first-order valence-corrected chi connectivity index (χ1v) is 6.71. The molecule has 2 nitrogen and oxygen atoms in total. The van der Waals surface area contributed by atoms with Gasteiger partial charge in [0.05, 0.1) is 5.75 Å². The Balaban J connectivity index is 2.89. The maximum atomic E-state index is 12.9. The molecule has 84 valence electrons. The fourth-order valence-corrected chi connectivity index (χ4v) is 1.81. The summed E-state index contributed by atoms with van der Waals surface area (Å²) in [5, 5.41) is -0.604. The molecular weight excluding hydrogens is 269 g/mol. The molecule has 7 heteroatoms. The van der Waals surface area contributed by atoms with E-state index in [1.54, 1.807) is 0 Å². The van der Waals surface area contributed by atoms with Crippen LogP contribution in [0, 0.1) is 11.6 Å². The standard InChI is InChI=1S/C8H6Cl2F2O2S/c9-8-6(11)3-5(4-7(8)12)1-2-15(10,13)14/h3-4H,1-2H2. The van der Waals surface area contributed by atoms with E-state index >= 15 is 0 Å². The van der Waals surface area contributed by atoms with Gasteiger partial charge in [0.25, 0.3) is 0 Å². The van der Waals surface area contributed by atoms with Gasteiger partial charge in [-0.25, -0.2) is 17.2 Å². The largest absolute Gasteiger partial charge is 0.232 e. The molecule has 0 aliphatic rings. The van der Waals surface area contributed by atoms with Crippen molar-refractivity contribution in [1.29, 1.82) is 0 Å². The third kappa shape index (κ3) is 3.93. The highest BCUT2D eigenvalue weighted by atomic mass is 35.7. The van der Waals surface area contributed by atoms with Crippen LogP contribution in [0.25, 0.3) is 0 Å². The molecule has 0 spiro atoms. The molecule has 0 unspecified atom stereocenters. The van der Waals surface area contributed by atoms with E-state index in [9.17, 15) is 17.2 Å². The van der Waals surface area contributed by atoms with Crippen LogP contribution in [0.2, 0.25) is 5.02 Å². The lowest BCUT2D eigenvalue weighted by molar-refractivity contribution is 0.580. The van der Waals surface area contributed by atoms with Gasteiger partial charge in [0.2, 0.25) is 9.05 Å². The highest BCUT2D eigenvalue weighted by molar-refractivity contribution is 8.13. The minimum Gasteiger partial charge on any atom is -0.212 e. The summed E-state index contributed by atoms with van der Waals surface area (Å²) < 4.78 is 47.0. The van der Waals surface area contributed by atoms with Crippen LogP contribution in [0.3, 0.4) is 0 Å². The van der Waals surface area contributed by atoms with Crippen LogP contribution in [0.4, 0.5) is 8.78 Å². The summed E-state index contributed by atoms with van der Waals surface area (Å²) in [5.41, 5.74) is 0.193. The van der Waals surface area contributed by atoms with E-state index in [0.717, 1.165) is 12.1 Å². The van der Waals surface area contributed by atoms with Gasteiger partial charge < -0.3 is 0 Å². The molecule has 0 bridgehead atoms. The molecule has 0 aromatic heterocycles. The fourth-order valence-electron chi connectivity index (χ4n) is 0.992. The SMILES string of the molecule is O=S(=O)(Cl)CCc1cc(F)c(Cl)c(F)c1. The zero-order valence-electron chi connectivity index (χ0n) is 7.31. The molecular formula is C8H6Cl2F2O2S. The van der Waals surface area contributed by atoms with Crippen molar-refractivity contribution >= 4 is 31.3 Å². The smallest absolute Gasteiger partial charge is 0.212 e. The molecule has 1 aromatic carbocycles. The van der Waals surface area contributed by atoms with Crippen molar-refractivity contribution in [3.63, 3.8) is 0 Å². The molecule has 0 N–H and O–H groups in total. The molecule has 0 fully saturated rings. The summed E-state index contributed by atoms with van der Waals surface area (Å²) in [6.07, 6.45) is -0.0587. The monoisotopic (exact) mass is 274 g/mol. The van der Waals surface area contributed by atoms with Crippen LogP contribution in [0.1, 0.15) is 5.56 Å². The Morgan fingerprint density at radius 2 is 1.67 bits per heavy atom. The molecule has 0 saturated heterocycles. The first-order valence-electron chi connectivity index (χ1n) is 3.85. The molecule has 0 aliphatic heterocycles. The minimum absolute atomic E-state index is 0.0587. The van der Waals surface area contributed by atoms with Crippen molar-refractivity contribution in [1.82, 2.24) is 0 Å². The van der Waals surface area contributed by atoms with Crippen LogP contribution >= 0.6 is 22.3 Å². The maximum Gasteiger partial charge on any atom is 0.232 e. The number of hydrogen-bond donors (Lipinski definition) is 0. The van der Waals surface area contributed by atoms with Gasteiger partial charge in [0.1, 0.15) is 16.7 Å². The van der Waals surface area contributed by atoms with Crippen molar-refractivity contribution in [3.8, 4) is 0 Å². The Hall–Kier alpha value is -0.390. The van der Waals surface area contributed by atoms with E-state index in [4.69, 9.17) is 22.3 Å². The molecule has 15 heavy (non-hydrogen) atoms. The first-order chi connectivity index (χ1) is 6.79.